The van der Waals surface area contributed by atoms with Gasteiger partial charge in [-0.05, 0) is 38.2 Å². The van der Waals surface area contributed by atoms with Gasteiger partial charge in [-0.3, -0.25) is 0 Å². The Morgan fingerprint density at radius 3 is 2.75 bits per heavy atom. The van der Waals surface area contributed by atoms with Crippen LogP contribution in [0.5, 0.6) is 0 Å². The summed E-state index contributed by atoms with van der Waals surface area (Å²) in [7, 11) is 0. The van der Waals surface area contributed by atoms with Crippen molar-refractivity contribution in [2.45, 2.75) is 39.2 Å². The van der Waals surface area contributed by atoms with Gasteiger partial charge in [-0.1, -0.05) is 6.92 Å². The molecule has 2 bridgehead atoms. The number of nitrogens with zero attached hydrogens (tertiary/aromatic N) is 1. The zero-order valence-electron chi connectivity index (χ0n) is 9.99. The maximum Gasteiger partial charge on any atom is 0.359 e. The first kappa shape index (κ1) is 10.2. The molecule has 0 saturated heterocycles. The fourth-order valence-corrected chi connectivity index (χ4v) is 3.90. The van der Waals surface area contributed by atoms with Gasteiger partial charge in [-0.15, -0.1) is 4.39 Å². The fraction of sp³-hybridized carbons (Fsp3) is 0.643. The molecule has 2 aliphatic carbocycles. The molecular formula is C14H19FN+. The monoisotopic (exact) mass is 220 g/mol. The molecule has 1 nitrogen and oxygen atoms in total. The van der Waals surface area contributed by atoms with Gasteiger partial charge in [0.15, 0.2) is 12.2 Å². The van der Waals surface area contributed by atoms with Crippen molar-refractivity contribution in [2.75, 3.05) is 0 Å². The molecule has 3 rings (SSSR count). The molecule has 2 aliphatic rings. The summed E-state index contributed by atoms with van der Waals surface area (Å²) in [5.41, 5.74) is 1.15. The van der Waals surface area contributed by atoms with Crippen LogP contribution in [0.2, 0.25) is 0 Å². The van der Waals surface area contributed by atoms with Gasteiger partial charge in [0, 0.05) is 23.5 Å². The Kier molecular flexibility index (Phi) is 2.27. The molecule has 1 aromatic rings. The van der Waals surface area contributed by atoms with E-state index in [1.165, 1.54) is 19.3 Å². The molecule has 2 fully saturated rings. The Hall–Kier alpha value is -0.920. The zero-order valence-corrected chi connectivity index (χ0v) is 9.99. The molecule has 4 unspecified atom stereocenters. The van der Waals surface area contributed by atoms with Crippen LogP contribution in [0.4, 0.5) is 4.39 Å². The number of hydrogen-bond donors (Lipinski definition) is 0. The highest BCUT2D eigenvalue weighted by Crippen LogP contribution is 2.52. The third kappa shape index (κ3) is 1.39. The molecule has 0 spiro atoms. The minimum Gasteiger partial charge on any atom is -0.170 e. The van der Waals surface area contributed by atoms with Crippen LogP contribution in [-0.4, -0.2) is 0 Å². The lowest BCUT2D eigenvalue weighted by Crippen LogP contribution is -2.45. The van der Waals surface area contributed by atoms with Crippen molar-refractivity contribution in [3.05, 3.63) is 29.8 Å². The van der Waals surface area contributed by atoms with Crippen LogP contribution in [0.25, 0.3) is 0 Å². The molecule has 1 aromatic heterocycles. The fourth-order valence-electron chi connectivity index (χ4n) is 3.90. The second-order valence-corrected chi connectivity index (χ2v) is 5.64. The van der Waals surface area contributed by atoms with Crippen LogP contribution in [0.3, 0.4) is 0 Å². The summed E-state index contributed by atoms with van der Waals surface area (Å²) in [6.45, 7) is 4.36. The van der Waals surface area contributed by atoms with E-state index in [2.05, 4.69) is 6.92 Å². The number of aromatic nitrogens is 1. The highest BCUT2D eigenvalue weighted by Gasteiger charge is 2.52. The van der Waals surface area contributed by atoms with E-state index in [1.807, 2.05) is 23.8 Å². The third-order valence-corrected chi connectivity index (χ3v) is 4.59. The van der Waals surface area contributed by atoms with E-state index in [9.17, 15) is 4.39 Å². The zero-order chi connectivity index (χ0) is 11.3. The van der Waals surface area contributed by atoms with E-state index in [0.29, 0.717) is 17.9 Å². The van der Waals surface area contributed by atoms with Crippen molar-refractivity contribution in [3.8, 4) is 0 Å². The van der Waals surface area contributed by atoms with Crippen LogP contribution in [0.1, 0.15) is 37.8 Å². The normalized spacial score (nSPS) is 36.9. The molecule has 86 valence electrons. The quantitative estimate of drug-likeness (QED) is 0.506. The Bertz CT molecular complexity index is 415. The van der Waals surface area contributed by atoms with E-state index in [1.54, 1.807) is 6.07 Å². The number of aryl methyl sites for hydroxylation is 1. The largest absolute Gasteiger partial charge is 0.359 e. The summed E-state index contributed by atoms with van der Waals surface area (Å²) < 4.78 is 15.8. The lowest BCUT2D eigenvalue weighted by Gasteiger charge is -2.14. The van der Waals surface area contributed by atoms with Crippen molar-refractivity contribution >= 4 is 0 Å². The molecule has 0 aromatic carbocycles. The Balaban J connectivity index is 2.01. The standard InChI is InChI=1S/C14H19FN/c1-9-3-6-13(15)16(8-9)14-11-4-5-12(14)10(2)7-11/h3,6,8,10-12,14H,4-5,7H2,1-2H3/q+1. The molecule has 1 heterocycles. The first-order valence-corrected chi connectivity index (χ1v) is 6.34. The number of hydrogen-bond acceptors (Lipinski definition) is 0. The van der Waals surface area contributed by atoms with E-state index >= 15 is 0 Å². The van der Waals surface area contributed by atoms with Crippen molar-refractivity contribution in [3.63, 3.8) is 0 Å². The molecule has 2 saturated carbocycles. The van der Waals surface area contributed by atoms with Gasteiger partial charge in [-0.2, -0.15) is 4.57 Å². The van der Waals surface area contributed by atoms with Gasteiger partial charge in [0.05, 0.1) is 0 Å². The SMILES string of the molecule is Cc1ccc(F)[n+](C2C3CCC2C(C)C3)c1. The molecule has 4 atom stereocenters. The second-order valence-electron chi connectivity index (χ2n) is 5.64. The average molecular weight is 220 g/mol. The van der Waals surface area contributed by atoms with Crippen LogP contribution < -0.4 is 4.57 Å². The number of rotatable bonds is 1. The van der Waals surface area contributed by atoms with E-state index in [0.717, 1.165) is 11.5 Å². The topological polar surface area (TPSA) is 3.88 Å². The first-order valence-electron chi connectivity index (χ1n) is 6.34. The van der Waals surface area contributed by atoms with E-state index < -0.39 is 0 Å². The molecular weight excluding hydrogens is 201 g/mol. The predicted octanol–water partition coefficient (Wildman–Crippen LogP) is 3.03. The summed E-state index contributed by atoms with van der Waals surface area (Å²) in [4.78, 5) is 0. The molecule has 2 heteroatoms. The van der Waals surface area contributed by atoms with E-state index in [4.69, 9.17) is 0 Å². The van der Waals surface area contributed by atoms with Crippen molar-refractivity contribution in [2.24, 2.45) is 17.8 Å². The third-order valence-electron chi connectivity index (χ3n) is 4.59. The maximum atomic E-state index is 13.9. The first-order chi connectivity index (χ1) is 7.66. The van der Waals surface area contributed by atoms with Crippen LogP contribution in [-0.2, 0) is 0 Å². The van der Waals surface area contributed by atoms with Gasteiger partial charge in [0.1, 0.15) is 0 Å². The van der Waals surface area contributed by atoms with Gasteiger partial charge < -0.3 is 0 Å². The van der Waals surface area contributed by atoms with Gasteiger partial charge in [0.2, 0.25) is 0 Å². The van der Waals surface area contributed by atoms with Crippen molar-refractivity contribution < 1.29 is 8.96 Å². The number of fused-ring (bicyclic) bond motifs is 2. The Morgan fingerprint density at radius 2 is 2.12 bits per heavy atom. The lowest BCUT2D eigenvalue weighted by atomic mass is 9.90. The van der Waals surface area contributed by atoms with Crippen LogP contribution in [0, 0.1) is 30.6 Å². The van der Waals surface area contributed by atoms with Crippen LogP contribution >= 0.6 is 0 Å². The van der Waals surface area contributed by atoms with Gasteiger partial charge in [-0.25, -0.2) is 0 Å². The summed E-state index contributed by atoms with van der Waals surface area (Å²) in [5, 5.41) is 0. The smallest absolute Gasteiger partial charge is 0.170 e. The minimum atomic E-state index is -0.0680. The summed E-state index contributed by atoms with van der Waals surface area (Å²) in [6, 6.07) is 3.89. The molecule has 0 radical (unpaired) electrons. The minimum absolute atomic E-state index is 0.0680. The number of pyridine rings is 1. The molecule has 0 N–H and O–H groups in total. The second kappa shape index (κ2) is 3.54. The van der Waals surface area contributed by atoms with E-state index in [-0.39, 0.29) is 5.95 Å². The summed E-state index contributed by atoms with van der Waals surface area (Å²) in [5.74, 6) is 2.12. The average Bonchev–Trinajstić information content (AvgIpc) is 2.78. The Labute approximate surface area is 96.3 Å². The lowest BCUT2D eigenvalue weighted by molar-refractivity contribution is -0.756. The van der Waals surface area contributed by atoms with Crippen molar-refractivity contribution in [1.82, 2.24) is 0 Å². The predicted molar refractivity (Wildman–Crippen MR) is 60.4 cm³/mol. The van der Waals surface area contributed by atoms with Crippen molar-refractivity contribution in [1.29, 1.82) is 0 Å². The highest BCUT2D eigenvalue weighted by molar-refractivity contribution is 5.03. The number of halogens is 1. The van der Waals surface area contributed by atoms with Gasteiger partial charge in [0.25, 0.3) is 0 Å². The molecule has 0 amide bonds. The van der Waals surface area contributed by atoms with Gasteiger partial charge >= 0.3 is 5.95 Å². The highest BCUT2D eigenvalue weighted by atomic mass is 19.1. The Morgan fingerprint density at radius 1 is 1.31 bits per heavy atom. The summed E-state index contributed by atoms with van der Waals surface area (Å²) >= 11 is 0. The molecule has 16 heavy (non-hydrogen) atoms. The maximum absolute atomic E-state index is 13.9. The summed E-state index contributed by atoms with van der Waals surface area (Å²) in [6.07, 6.45) is 5.86. The molecule has 0 aliphatic heterocycles. The van der Waals surface area contributed by atoms with Crippen LogP contribution in [0.15, 0.2) is 18.3 Å².